The molecule has 0 fully saturated rings. The van der Waals surface area contributed by atoms with Gasteiger partial charge in [0.2, 0.25) is 5.82 Å². The maximum absolute atomic E-state index is 13.3. The van der Waals surface area contributed by atoms with Crippen LogP contribution in [0.4, 0.5) is 5.69 Å². The summed E-state index contributed by atoms with van der Waals surface area (Å²) in [6, 6.07) is 14.0. The van der Waals surface area contributed by atoms with E-state index in [0.29, 0.717) is 22.9 Å². The maximum Gasteiger partial charge on any atom is 0.270 e. The third kappa shape index (κ3) is 4.60. The number of anilines is 1. The molecule has 3 aromatic heterocycles. The number of nitrogens with zero attached hydrogens (tertiary/aromatic N) is 6. The molecule has 14 nitrogen and oxygen atoms in total. The van der Waals surface area contributed by atoms with Gasteiger partial charge in [0, 0.05) is 24.2 Å². The van der Waals surface area contributed by atoms with Crippen molar-refractivity contribution in [3.63, 3.8) is 0 Å². The summed E-state index contributed by atoms with van der Waals surface area (Å²) >= 11 is 0. The Morgan fingerprint density at radius 1 is 1.10 bits per heavy atom. The van der Waals surface area contributed by atoms with Gasteiger partial charge in [-0.3, -0.25) is 14.4 Å². The van der Waals surface area contributed by atoms with Crippen LogP contribution in [0.3, 0.4) is 0 Å². The highest BCUT2D eigenvalue weighted by molar-refractivity contribution is 5.98. The van der Waals surface area contributed by atoms with Crippen LogP contribution in [-0.4, -0.2) is 59.6 Å². The van der Waals surface area contributed by atoms with Gasteiger partial charge >= 0.3 is 0 Å². The van der Waals surface area contributed by atoms with Crippen LogP contribution in [0.2, 0.25) is 0 Å². The van der Waals surface area contributed by atoms with Crippen molar-refractivity contribution in [2.24, 2.45) is 0 Å². The number of rotatable bonds is 6. The van der Waals surface area contributed by atoms with Crippen LogP contribution in [0, 0.1) is 0 Å². The zero-order valence-corrected chi connectivity index (χ0v) is 21.4. The van der Waals surface area contributed by atoms with Gasteiger partial charge in [0.1, 0.15) is 17.1 Å². The number of H-pyrrole nitrogens is 1. The van der Waals surface area contributed by atoms with Gasteiger partial charge in [-0.2, -0.15) is 10.3 Å². The second-order valence-electron chi connectivity index (χ2n) is 9.69. The first-order valence-electron chi connectivity index (χ1n) is 12.9. The average Bonchev–Trinajstić information content (AvgIpc) is 3.76. The summed E-state index contributed by atoms with van der Waals surface area (Å²) in [5, 5.41) is 27.0. The molecule has 41 heavy (non-hydrogen) atoms. The second kappa shape index (κ2) is 9.82. The molecule has 0 bridgehead atoms. The third-order valence-corrected chi connectivity index (χ3v) is 7.08. The number of hydrogen-bond acceptors (Lipinski definition) is 9. The number of aryl methyl sites for hydroxylation is 1. The number of tetrazole rings is 1. The average molecular weight is 551 g/mol. The van der Waals surface area contributed by atoms with Crippen molar-refractivity contribution < 1.29 is 19.1 Å². The summed E-state index contributed by atoms with van der Waals surface area (Å²) in [6.07, 6.45) is 3.03. The van der Waals surface area contributed by atoms with Gasteiger partial charge in [0.25, 0.3) is 17.7 Å². The Kier molecular flexibility index (Phi) is 5.84. The number of hydrogen-bond donors (Lipinski definition) is 4. The van der Waals surface area contributed by atoms with E-state index in [0.717, 1.165) is 35.1 Å². The number of aromatic amines is 1. The molecule has 4 N–H and O–H groups in total. The number of aromatic nitrogens is 7. The van der Waals surface area contributed by atoms with Crippen molar-refractivity contribution in [2.45, 2.75) is 25.4 Å². The Morgan fingerprint density at radius 2 is 2.02 bits per heavy atom. The molecule has 204 valence electrons. The minimum absolute atomic E-state index is 0.0311. The summed E-state index contributed by atoms with van der Waals surface area (Å²) in [5.74, 6) is 0.00973. The fourth-order valence-electron chi connectivity index (χ4n) is 5.13. The van der Waals surface area contributed by atoms with Crippen LogP contribution in [0.25, 0.3) is 17.0 Å². The molecule has 0 radical (unpaired) electrons. The number of ether oxygens (including phenoxy) is 1. The largest absolute Gasteiger partial charge is 0.482 e. The predicted molar refractivity (Wildman–Crippen MR) is 143 cm³/mol. The Balaban J connectivity index is 1.08. The summed E-state index contributed by atoms with van der Waals surface area (Å²) in [4.78, 5) is 42.6. The van der Waals surface area contributed by atoms with E-state index in [1.165, 1.54) is 16.8 Å². The molecule has 5 aromatic rings. The lowest BCUT2D eigenvalue weighted by molar-refractivity contribution is -0.118. The first-order chi connectivity index (χ1) is 20.0. The Hall–Kier alpha value is -5.66. The number of amides is 3. The first-order valence-corrected chi connectivity index (χ1v) is 12.9. The predicted octanol–water partition coefficient (Wildman–Crippen LogP) is 1.59. The molecule has 3 amide bonds. The third-order valence-electron chi connectivity index (χ3n) is 7.08. The van der Waals surface area contributed by atoms with Gasteiger partial charge in [0.15, 0.2) is 12.3 Å². The molecule has 14 heteroatoms. The molecule has 1 aliphatic heterocycles. The van der Waals surface area contributed by atoms with Crippen LogP contribution in [0.1, 0.15) is 50.1 Å². The molecule has 1 aliphatic carbocycles. The smallest absolute Gasteiger partial charge is 0.270 e. The van der Waals surface area contributed by atoms with Gasteiger partial charge in [-0.25, -0.2) is 9.50 Å². The second-order valence-corrected chi connectivity index (χ2v) is 9.69. The van der Waals surface area contributed by atoms with Crippen LogP contribution < -0.4 is 20.7 Å². The minimum atomic E-state index is -0.437. The van der Waals surface area contributed by atoms with Gasteiger partial charge < -0.3 is 20.7 Å². The molecule has 0 unspecified atom stereocenters. The fourth-order valence-corrected chi connectivity index (χ4v) is 5.13. The zero-order valence-electron chi connectivity index (χ0n) is 21.4. The normalized spacial score (nSPS) is 15.5. The van der Waals surface area contributed by atoms with E-state index in [9.17, 15) is 14.4 Å². The topological polar surface area (TPSA) is 181 Å². The molecule has 1 atom stereocenters. The van der Waals surface area contributed by atoms with Crippen molar-refractivity contribution in [3.8, 4) is 17.1 Å². The molecule has 0 saturated carbocycles. The van der Waals surface area contributed by atoms with Crippen molar-refractivity contribution >= 4 is 29.1 Å². The molecular weight excluding hydrogens is 528 g/mol. The lowest BCUT2D eigenvalue weighted by Gasteiger charge is -2.18. The molecule has 2 aromatic carbocycles. The Morgan fingerprint density at radius 3 is 2.90 bits per heavy atom. The quantitative estimate of drug-likeness (QED) is 0.244. The van der Waals surface area contributed by atoms with E-state index in [2.05, 4.69) is 46.7 Å². The van der Waals surface area contributed by atoms with Crippen molar-refractivity contribution in [3.05, 3.63) is 82.8 Å². The van der Waals surface area contributed by atoms with E-state index in [1.807, 2.05) is 18.2 Å². The molecule has 4 heterocycles. The van der Waals surface area contributed by atoms with E-state index in [1.54, 1.807) is 24.3 Å². The summed E-state index contributed by atoms with van der Waals surface area (Å²) in [5.41, 5.74) is 4.91. The molecule has 7 rings (SSSR count). The maximum atomic E-state index is 13.3. The van der Waals surface area contributed by atoms with Crippen LogP contribution >= 0.6 is 0 Å². The van der Waals surface area contributed by atoms with Crippen molar-refractivity contribution in [2.75, 3.05) is 11.9 Å². The van der Waals surface area contributed by atoms with Gasteiger partial charge in [-0.15, -0.1) is 10.2 Å². The summed E-state index contributed by atoms with van der Waals surface area (Å²) in [6.45, 7) is 0.149. The SMILES string of the molecule is O=C1COc2ccc(CNC(=O)c3cc(C(=O)N[C@H]4CCc5cc(-c6nn[nH]n6)ccc54)nc4ccnn34)cc2N1. The van der Waals surface area contributed by atoms with Crippen LogP contribution in [-0.2, 0) is 17.8 Å². The fraction of sp³-hybridized carbons (Fsp3) is 0.185. The first kappa shape index (κ1) is 24.4. The monoisotopic (exact) mass is 550 g/mol. The zero-order chi connectivity index (χ0) is 27.9. The van der Waals surface area contributed by atoms with E-state index in [4.69, 9.17) is 4.74 Å². The lowest BCUT2D eigenvalue weighted by atomic mass is 10.0. The highest BCUT2D eigenvalue weighted by atomic mass is 16.5. The Bertz CT molecular complexity index is 1830. The van der Waals surface area contributed by atoms with Gasteiger partial charge in [0.05, 0.1) is 17.9 Å². The number of carbonyl (C=O) groups excluding carboxylic acids is 3. The molecule has 2 aliphatic rings. The van der Waals surface area contributed by atoms with E-state index < -0.39 is 11.8 Å². The summed E-state index contributed by atoms with van der Waals surface area (Å²) < 4.78 is 6.77. The van der Waals surface area contributed by atoms with E-state index in [-0.39, 0.29) is 36.5 Å². The van der Waals surface area contributed by atoms with Gasteiger partial charge in [-0.1, -0.05) is 18.2 Å². The van der Waals surface area contributed by atoms with Gasteiger partial charge in [-0.05, 0) is 52.9 Å². The number of nitrogens with one attached hydrogen (secondary N) is 4. The van der Waals surface area contributed by atoms with Crippen LogP contribution in [0.15, 0.2) is 54.7 Å². The number of carbonyl (C=O) groups is 3. The summed E-state index contributed by atoms with van der Waals surface area (Å²) in [7, 11) is 0. The highest BCUT2D eigenvalue weighted by Gasteiger charge is 2.27. The minimum Gasteiger partial charge on any atom is -0.482 e. The van der Waals surface area contributed by atoms with Crippen LogP contribution in [0.5, 0.6) is 5.75 Å². The number of fused-ring (bicyclic) bond motifs is 3. The van der Waals surface area contributed by atoms with E-state index >= 15 is 0 Å². The number of benzene rings is 2. The van der Waals surface area contributed by atoms with Crippen molar-refractivity contribution in [1.82, 2.24) is 45.9 Å². The lowest BCUT2D eigenvalue weighted by Crippen LogP contribution is -2.30. The molecule has 0 spiro atoms. The highest BCUT2D eigenvalue weighted by Crippen LogP contribution is 2.34. The standard InChI is InChI=1S/C27H22N10O4/c38-24-13-41-22-6-1-14(9-19(22)31-24)12-28-27(40)21-11-20(30-23-7-8-29-37(21)23)26(39)32-18-5-3-15-10-16(2-4-17(15)18)25-33-35-36-34-25/h1-2,4,6-11,18H,3,5,12-13H2,(H,28,40)(H,31,38)(H,32,39)(H,33,34,35,36)/t18-/m0/s1. The molecular formula is C27H22N10O4. The molecule has 0 saturated heterocycles. The van der Waals surface area contributed by atoms with Crippen molar-refractivity contribution in [1.29, 1.82) is 0 Å². The Labute approximate surface area is 231 Å².